The van der Waals surface area contributed by atoms with Crippen LogP contribution in [0.5, 0.6) is 0 Å². The monoisotopic (exact) mass is 498 g/mol. The zero-order valence-corrected chi connectivity index (χ0v) is 20.5. The number of anilines is 4. The van der Waals surface area contributed by atoms with Crippen LogP contribution in [0.2, 0.25) is 0 Å². The second-order valence-corrected chi connectivity index (χ2v) is 10.3. The van der Waals surface area contributed by atoms with Crippen LogP contribution in [0.3, 0.4) is 0 Å². The number of hydrogen-bond donors (Lipinski definition) is 1. The van der Waals surface area contributed by atoms with Gasteiger partial charge in [0, 0.05) is 49.5 Å². The Morgan fingerprint density at radius 2 is 2.00 bits per heavy atom. The average molecular weight is 499 g/mol. The third-order valence-electron chi connectivity index (χ3n) is 7.90. The van der Waals surface area contributed by atoms with Crippen LogP contribution in [-0.4, -0.2) is 54.8 Å². The zero-order chi connectivity index (χ0) is 24.9. The number of carbonyl (C=O) groups is 1. The number of nitrogens with one attached hydrogen (secondary N) is 1. The molecule has 7 nitrogen and oxygen atoms in total. The normalized spacial score (nSPS) is 28.6. The van der Waals surface area contributed by atoms with Gasteiger partial charge in [-0.3, -0.25) is 4.79 Å². The fraction of sp³-hybridized carbons (Fsp3) is 0.556. The summed E-state index contributed by atoms with van der Waals surface area (Å²) < 4.78 is 41.1. The Balaban J connectivity index is 1.33. The second-order valence-electron chi connectivity index (χ2n) is 10.3. The summed E-state index contributed by atoms with van der Waals surface area (Å²) in [6.45, 7) is 3.85. The van der Waals surface area contributed by atoms with Crippen molar-refractivity contribution < 1.29 is 23.0 Å². The van der Waals surface area contributed by atoms with Crippen LogP contribution in [-0.2, 0) is 20.8 Å². The Morgan fingerprint density at radius 3 is 2.75 bits per heavy atom. The number of rotatable bonds is 4. The largest absolute Gasteiger partial charge is 0.372 e. The van der Waals surface area contributed by atoms with Gasteiger partial charge in [-0.1, -0.05) is 6.07 Å². The Hall–Kier alpha value is -2.78. The van der Waals surface area contributed by atoms with Gasteiger partial charge in [0.2, 0.25) is 5.91 Å². The molecule has 2 unspecified atom stereocenters. The van der Waals surface area contributed by atoms with Crippen LogP contribution in [0.25, 0.3) is 0 Å². The molecule has 4 aliphatic rings. The van der Waals surface area contributed by atoms with Crippen molar-refractivity contribution in [3.8, 4) is 0 Å². The van der Waals surface area contributed by atoms with E-state index >= 15 is 0 Å². The molecule has 0 spiro atoms. The molecule has 4 heterocycles. The number of ether oxygens (including phenoxy) is 2. The Morgan fingerprint density at radius 1 is 1.19 bits per heavy atom. The molecule has 9 heteroatoms. The van der Waals surface area contributed by atoms with Crippen molar-refractivity contribution in [1.82, 2.24) is 4.98 Å². The van der Waals surface area contributed by atoms with E-state index in [-0.39, 0.29) is 37.7 Å². The predicted molar refractivity (Wildman–Crippen MR) is 133 cm³/mol. The van der Waals surface area contributed by atoms with E-state index < -0.39 is 24.4 Å². The van der Waals surface area contributed by atoms with Crippen molar-refractivity contribution in [1.29, 1.82) is 0 Å². The summed E-state index contributed by atoms with van der Waals surface area (Å²) in [4.78, 5) is 22.4. The predicted octanol–water partition coefficient (Wildman–Crippen LogP) is 4.88. The maximum Gasteiger partial charge on any atom is 0.274 e. The molecule has 0 radical (unpaired) electrons. The summed E-state index contributed by atoms with van der Waals surface area (Å²) in [5, 5.41) is 3.37. The van der Waals surface area contributed by atoms with Gasteiger partial charge in [-0.2, -0.15) is 0 Å². The molecule has 2 bridgehead atoms. The number of nitrogens with zero attached hydrogens (tertiary/aromatic N) is 3. The highest BCUT2D eigenvalue weighted by Gasteiger charge is 2.49. The standard InChI is InChI=1S/C27H32F2N4O3/c1-2-35-24-10-5-17(13-27(24,28)29)26(34)33-14-18-4-3-11-30-25(18)31-22-9-6-19(12-23(22)33)32-15-20-7-8-21(16-32)36-20/h3-4,6,9,11-12,17,20-21,24H,2,5,7-8,10,13-16H2,1H3,(H,30,31)/t17-,20?,21?,24-/m1/s1. The van der Waals surface area contributed by atoms with Crippen LogP contribution in [0.1, 0.15) is 44.6 Å². The molecule has 1 amide bonds. The number of fused-ring (bicyclic) bond motifs is 4. The lowest BCUT2D eigenvalue weighted by Gasteiger charge is -2.37. The van der Waals surface area contributed by atoms with Gasteiger partial charge in [-0.15, -0.1) is 0 Å². The topological polar surface area (TPSA) is 66.9 Å². The smallest absolute Gasteiger partial charge is 0.274 e. The van der Waals surface area contributed by atoms with Gasteiger partial charge in [0.05, 0.1) is 30.1 Å². The first-order valence-electron chi connectivity index (χ1n) is 13.0. The molecule has 1 N–H and O–H groups in total. The van der Waals surface area contributed by atoms with Gasteiger partial charge < -0.3 is 24.6 Å². The van der Waals surface area contributed by atoms with E-state index in [4.69, 9.17) is 9.47 Å². The number of hydrogen-bond acceptors (Lipinski definition) is 6. The van der Waals surface area contributed by atoms with Gasteiger partial charge in [0.15, 0.2) is 0 Å². The number of morpholine rings is 1. The van der Waals surface area contributed by atoms with E-state index in [0.717, 1.165) is 42.9 Å². The number of amides is 1. The number of alkyl halides is 2. The number of pyridine rings is 1. The second kappa shape index (κ2) is 9.27. The number of carbonyl (C=O) groups excluding carboxylic acids is 1. The number of benzene rings is 1. The maximum atomic E-state index is 14.9. The van der Waals surface area contributed by atoms with E-state index in [2.05, 4.69) is 21.3 Å². The van der Waals surface area contributed by atoms with Gasteiger partial charge >= 0.3 is 0 Å². The molecule has 3 aliphatic heterocycles. The van der Waals surface area contributed by atoms with E-state index in [1.54, 1.807) is 18.0 Å². The van der Waals surface area contributed by atoms with Crippen LogP contribution in [0.15, 0.2) is 36.5 Å². The minimum absolute atomic E-state index is 0.172. The van der Waals surface area contributed by atoms with Gasteiger partial charge in [0.25, 0.3) is 5.92 Å². The molecule has 1 aromatic heterocycles. The fourth-order valence-electron chi connectivity index (χ4n) is 6.09. The minimum Gasteiger partial charge on any atom is -0.372 e. The molecule has 36 heavy (non-hydrogen) atoms. The fourth-order valence-corrected chi connectivity index (χ4v) is 6.09. The van der Waals surface area contributed by atoms with Crippen LogP contribution in [0.4, 0.5) is 31.7 Å². The van der Waals surface area contributed by atoms with E-state index in [1.165, 1.54) is 0 Å². The summed E-state index contributed by atoms with van der Waals surface area (Å²) in [6, 6.07) is 9.78. The third kappa shape index (κ3) is 4.32. The van der Waals surface area contributed by atoms with Gasteiger partial charge in [0.1, 0.15) is 11.9 Å². The number of halogens is 2. The number of aromatic nitrogens is 1. The minimum atomic E-state index is -3.03. The van der Waals surface area contributed by atoms with Crippen LogP contribution in [0, 0.1) is 5.92 Å². The highest BCUT2D eigenvalue weighted by molar-refractivity contribution is 6.00. The highest BCUT2D eigenvalue weighted by Crippen LogP contribution is 2.43. The van der Waals surface area contributed by atoms with Crippen LogP contribution < -0.4 is 15.1 Å². The molecule has 2 saturated heterocycles. The summed E-state index contributed by atoms with van der Waals surface area (Å²) in [6.07, 6.45) is 3.23. The van der Waals surface area contributed by atoms with E-state index in [1.807, 2.05) is 24.3 Å². The zero-order valence-electron chi connectivity index (χ0n) is 20.5. The molecule has 2 aromatic rings. The Kier molecular flexibility index (Phi) is 6.08. The first-order chi connectivity index (χ1) is 17.4. The molecule has 1 saturated carbocycles. The summed E-state index contributed by atoms with van der Waals surface area (Å²) >= 11 is 0. The summed E-state index contributed by atoms with van der Waals surface area (Å²) in [5.74, 6) is -3.40. The van der Waals surface area contributed by atoms with E-state index in [9.17, 15) is 13.6 Å². The highest BCUT2D eigenvalue weighted by atomic mass is 19.3. The average Bonchev–Trinajstić information content (AvgIpc) is 3.11. The molecule has 6 rings (SSSR count). The Labute approximate surface area is 209 Å². The maximum absolute atomic E-state index is 14.9. The van der Waals surface area contributed by atoms with Gasteiger partial charge in [-0.25, -0.2) is 13.8 Å². The molecular formula is C27H32F2N4O3. The quantitative estimate of drug-likeness (QED) is 0.648. The SMILES string of the molecule is CCO[C@@H]1CC[C@@H](C(=O)N2Cc3cccnc3Nc3ccc(N4CC5CCC(C4)O5)cc32)CC1(F)F. The van der Waals surface area contributed by atoms with Crippen LogP contribution >= 0.6 is 0 Å². The summed E-state index contributed by atoms with van der Waals surface area (Å²) in [5.41, 5.74) is 3.31. The van der Waals surface area contributed by atoms with E-state index in [0.29, 0.717) is 17.9 Å². The first-order valence-corrected chi connectivity index (χ1v) is 13.0. The lowest BCUT2D eigenvalue weighted by molar-refractivity contribution is -0.170. The van der Waals surface area contributed by atoms with Crippen molar-refractivity contribution in [2.45, 2.75) is 69.8 Å². The third-order valence-corrected chi connectivity index (χ3v) is 7.90. The van der Waals surface area contributed by atoms with Crippen molar-refractivity contribution in [3.63, 3.8) is 0 Å². The Bertz CT molecular complexity index is 1130. The molecule has 4 atom stereocenters. The molecule has 1 aromatic carbocycles. The lowest BCUT2D eigenvalue weighted by atomic mass is 9.83. The molecule has 1 aliphatic carbocycles. The first kappa shape index (κ1) is 23.6. The van der Waals surface area contributed by atoms with Crippen molar-refractivity contribution >= 4 is 28.8 Å². The van der Waals surface area contributed by atoms with Crippen molar-refractivity contribution in [3.05, 3.63) is 42.1 Å². The van der Waals surface area contributed by atoms with Crippen molar-refractivity contribution in [2.24, 2.45) is 5.92 Å². The molecule has 192 valence electrons. The molecular weight excluding hydrogens is 466 g/mol. The van der Waals surface area contributed by atoms with Gasteiger partial charge in [-0.05, 0) is 56.9 Å². The lowest BCUT2D eigenvalue weighted by Crippen LogP contribution is -2.47. The molecule has 3 fully saturated rings. The summed E-state index contributed by atoms with van der Waals surface area (Å²) in [7, 11) is 0. The van der Waals surface area contributed by atoms with Crippen molar-refractivity contribution in [2.75, 3.05) is 34.8 Å².